The van der Waals surface area contributed by atoms with Gasteiger partial charge in [0.25, 0.3) is 0 Å². The van der Waals surface area contributed by atoms with Crippen LogP contribution in [0, 0.1) is 0 Å². The third-order valence-corrected chi connectivity index (χ3v) is 4.01. The second-order valence-corrected chi connectivity index (χ2v) is 5.89. The molecule has 0 unspecified atom stereocenters. The predicted octanol–water partition coefficient (Wildman–Crippen LogP) is 4.39. The number of nitrogens with zero attached hydrogens (tertiary/aromatic N) is 2. The molecule has 2 aromatic carbocycles. The maximum absolute atomic E-state index is 5.45. The summed E-state index contributed by atoms with van der Waals surface area (Å²) in [7, 11) is 4.71. The maximum Gasteiger partial charge on any atom is 0.229 e. The quantitative estimate of drug-likeness (QED) is 0.551. The molecule has 3 aromatic rings. The topological polar surface area (TPSA) is 86.8 Å². The first kappa shape index (κ1) is 20.1. The number of aromatic nitrogens is 2. The van der Waals surface area contributed by atoms with E-state index >= 15 is 0 Å². The van der Waals surface area contributed by atoms with E-state index < -0.39 is 0 Å². The summed E-state index contributed by atoms with van der Waals surface area (Å²) in [4.78, 5) is 8.77. The number of benzene rings is 2. The van der Waals surface area contributed by atoms with Crippen molar-refractivity contribution in [3.63, 3.8) is 0 Å². The molecule has 0 bridgehead atoms. The Hall–Kier alpha value is -3.68. The summed E-state index contributed by atoms with van der Waals surface area (Å²) in [6.07, 6.45) is 1.67. The van der Waals surface area contributed by atoms with Crippen molar-refractivity contribution in [2.45, 2.75) is 6.92 Å². The van der Waals surface area contributed by atoms with Crippen molar-refractivity contribution in [3.05, 3.63) is 48.7 Å². The molecule has 1 heterocycles. The van der Waals surface area contributed by atoms with Crippen molar-refractivity contribution in [2.75, 3.05) is 38.6 Å². The first-order valence-electron chi connectivity index (χ1n) is 9.06. The van der Waals surface area contributed by atoms with Crippen LogP contribution in [0.1, 0.15) is 6.92 Å². The van der Waals surface area contributed by atoms with Crippen LogP contribution in [-0.4, -0.2) is 37.9 Å². The van der Waals surface area contributed by atoms with Gasteiger partial charge < -0.3 is 29.6 Å². The van der Waals surface area contributed by atoms with Crippen molar-refractivity contribution in [2.24, 2.45) is 0 Å². The van der Waals surface area contributed by atoms with Gasteiger partial charge in [-0.2, -0.15) is 4.98 Å². The Morgan fingerprint density at radius 2 is 1.52 bits per heavy atom. The third-order valence-electron chi connectivity index (χ3n) is 4.01. The minimum Gasteiger partial charge on any atom is -0.494 e. The fraction of sp³-hybridized carbons (Fsp3) is 0.238. The molecule has 0 aliphatic carbocycles. The van der Waals surface area contributed by atoms with Gasteiger partial charge in [-0.25, -0.2) is 4.98 Å². The molecule has 3 rings (SSSR count). The van der Waals surface area contributed by atoms with Gasteiger partial charge in [0.1, 0.15) is 11.6 Å². The predicted molar refractivity (Wildman–Crippen MR) is 112 cm³/mol. The average molecular weight is 396 g/mol. The molecule has 152 valence electrons. The molecule has 2 N–H and O–H groups in total. The molecule has 29 heavy (non-hydrogen) atoms. The minimum atomic E-state index is 0.464. The van der Waals surface area contributed by atoms with E-state index in [1.54, 1.807) is 33.6 Å². The van der Waals surface area contributed by atoms with E-state index in [0.29, 0.717) is 35.6 Å². The summed E-state index contributed by atoms with van der Waals surface area (Å²) in [5.74, 6) is 3.53. The highest BCUT2D eigenvalue weighted by molar-refractivity contribution is 5.67. The van der Waals surface area contributed by atoms with Crippen molar-refractivity contribution in [3.8, 4) is 23.0 Å². The van der Waals surface area contributed by atoms with Gasteiger partial charge in [0.15, 0.2) is 11.5 Å². The van der Waals surface area contributed by atoms with Crippen molar-refractivity contribution < 1.29 is 18.9 Å². The molecule has 0 atom stereocenters. The van der Waals surface area contributed by atoms with E-state index in [0.717, 1.165) is 17.1 Å². The molecule has 1 aromatic heterocycles. The summed E-state index contributed by atoms with van der Waals surface area (Å²) in [5.41, 5.74) is 1.60. The van der Waals surface area contributed by atoms with Crippen molar-refractivity contribution >= 4 is 23.1 Å². The zero-order valence-corrected chi connectivity index (χ0v) is 16.9. The SMILES string of the molecule is CCOc1ccc(Nc2nccc(Nc3cc(OC)c(OC)c(OC)c3)n2)cc1. The van der Waals surface area contributed by atoms with Crippen LogP contribution >= 0.6 is 0 Å². The van der Waals surface area contributed by atoms with Crippen LogP contribution in [0.3, 0.4) is 0 Å². The number of ether oxygens (including phenoxy) is 4. The summed E-state index contributed by atoms with van der Waals surface area (Å²) < 4.78 is 21.6. The van der Waals surface area contributed by atoms with E-state index in [1.807, 2.05) is 43.3 Å². The van der Waals surface area contributed by atoms with E-state index in [2.05, 4.69) is 20.6 Å². The molecule has 8 nitrogen and oxygen atoms in total. The lowest BCUT2D eigenvalue weighted by Gasteiger charge is -2.15. The fourth-order valence-corrected chi connectivity index (χ4v) is 2.72. The molecule has 0 amide bonds. The maximum atomic E-state index is 5.45. The van der Waals surface area contributed by atoms with Gasteiger partial charge in [-0.1, -0.05) is 0 Å². The average Bonchev–Trinajstić information content (AvgIpc) is 2.75. The van der Waals surface area contributed by atoms with Gasteiger partial charge in [-0.3, -0.25) is 0 Å². The monoisotopic (exact) mass is 396 g/mol. The molecular weight excluding hydrogens is 372 g/mol. The second kappa shape index (κ2) is 9.50. The molecule has 0 aliphatic rings. The van der Waals surface area contributed by atoms with Crippen LogP contribution in [0.25, 0.3) is 0 Å². The van der Waals surface area contributed by atoms with Crippen LogP contribution in [0.2, 0.25) is 0 Å². The molecule has 8 heteroatoms. The van der Waals surface area contributed by atoms with Gasteiger partial charge in [-0.15, -0.1) is 0 Å². The Morgan fingerprint density at radius 1 is 0.828 bits per heavy atom. The Kier molecular flexibility index (Phi) is 6.57. The zero-order valence-electron chi connectivity index (χ0n) is 16.9. The van der Waals surface area contributed by atoms with Gasteiger partial charge in [0.2, 0.25) is 11.7 Å². The van der Waals surface area contributed by atoms with Crippen molar-refractivity contribution in [1.82, 2.24) is 9.97 Å². The molecule has 0 saturated carbocycles. The first-order chi connectivity index (χ1) is 14.2. The third kappa shape index (κ3) is 4.98. The number of nitrogens with one attached hydrogen (secondary N) is 2. The fourth-order valence-electron chi connectivity index (χ4n) is 2.72. The van der Waals surface area contributed by atoms with Crippen LogP contribution in [0.15, 0.2) is 48.7 Å². The summed E-state index contributed by atoms with van der Waals surface area (Å²) in [6, 6.07) is 13.0. The Morgan fingerprint density at radius 3 is 2.10 bits per heavy atom. The second-order valence-electron chi connectivity index (χ2n) is 5.89. The van der Waals surface area contributed by atoms with Crippen LogP contribution in [0.4, 0.5) is 23.1 Å². The lowest BCUT2D eigenvalue weighted by molar-refractivity contribution is 0.324. The smallest absolute Gasteiger partial charge is 0.229 e. The number of hydrogen-bond donors (Lipinski definition) is 2. The van der Waals surface area contributed by atoms with Gasteiger partial charge in [0.05, 0.1) is 27.9 Å². The first-order valence-corrected chi connectivity index (χ1v) is 9.06. The lowest BCUT2D eigenvalue weighted by atomic mass is 10.2. The van der Waals surface area contributed by atoms with Gasteiger partial charge in [-0.05, 0) is 37.3 Å². The molecular formula is C21H24N4O4. The van der Waals surface area contributed by atoms with Crippen LogP contribution in [-0.2, 0) is 0 Å². The molecule has 0 spiro atoms. The Labute approximate surface area is 169 Å². The van der Waals surface area contributed by atoms with Crippen LogP contribution in [0.5, 0.6) is 23.0 Å². The zero-order chi connectivity index (χ0) is 20.6. The van der Waals surface area contributed by atoms with Crippen LogP contribution < -0.4 is 29.6 Å². The number of hydrogen-bond acceptors (Lipinski definition) is 8. The van der Waals surface area contributed by atoms with E-state index in [-0.39, 0.29) is 0 Å². The Bertz CT molecular complexity index is 923. The van der Waals surface area contributed by atoms with Gasteiger partial charge in [0, 0.05) is 29.7 Å². The standard InChI is InChI=1S/C21H24N4O4/c1-5-29-16-8-6-14(7-9-16)24-21-22-11-10-19(25-21)23-15-12-17(26-2)20(28-4)18(13-15)27-3/h6-13H,5H2,1-4H3,(H2,22,23,24,25). The van der Waals surface area contributed by atoms with E-state index in [1.165, 1.54) is 0 Å². The molecule has 0 radical (unpaired) electrons. The van der Waals surface area contributed by atoms with Gasteiger partial charge >= 0.3 is 0 Å². The Balaban J connectivity index is 1.77. The largest absolute Gasteiger partial charge is 0.494 e. The summed E-state index contributed by atoms with van der Waals surface area (Å²) in [6.45, 7) is 2.58. The lowest BCUT2D eigenvalue weighted by Crippen LogP contribution is -2.01. The highest BCUT2D eigenvalue weighted by Crippen LogP contribution is 2.40. The normalized spacial score (nSPS) is 10.2. The minimum absolute atomic E-state index is 0.464. The highest BCUT2D eigenvalue weighted by atomic mass is 16.5. The molecule has 0 aliphatic heterocycles. The molecule has 0 saturated heterocycles. The van der Waals surface area contributed by atoms with E-state index in [4.69, 9.17) is 18.9 Å². The summed E-state index contributed by atoms with van der Waals surface area (Å²) >= 11 is 0. The van der Waals surface area contributed by atoms with Crippen molar-refractivity contribution in [1.29, 1.82) is 0 Å². The number of anilines is 4. The number of rotatable bonds is 9. The number of methoxy groups -OCH3 is 3. The molecule has 0 fully saturated rings. The van der Waals surface area contributed by atoms with E-state index in [9.17, 15) is 0 Å². The summed E-state index contributed by atoms with van der Waals surface area (Å²) in [5, 5.41) is 6.41. The highest BCUT2D eigenvalue weighted by Gasteiger charge is 2.13.